The number of aliphatic carboxylic acids is 1. The number of carboxylic acid groups (broad SMARTS) is 1. The van der Waals surface area contributed by atoms with E-state index in [1.807, 2.05) is 13.8 Å². The fourth-order valence-corrected chi connectivity index (χ4v) is 5.33. The summed E-state index contributed by atoms with van der Waals surface area (Å²) < 4.78 is 17.4. The Kier molecular flexibility index (Phi) is 5.63. The molecule has 0 radical (unpaired) electrons. The van der Waals surface area contributed by atoms with Crippen molar-refractivity contribution in [2.24, 2.45) is 0 Å². The fraction of sp³-hybridized carbons (Fsp3) is 0.407. The summed E-state index contributed by atoms with van der Waals surface area (Å²) in [6, 6.07) is 4.41. The first kappa shape index (κ1) is 24.0. The van der Waals surface area contributed by atoms with Crippen LogP contribution in [0.2, 0.25) is 0 Å². The van der Waals surface area contributed by atoms with E-state index < -0.39 is 35.5 Å². The number of carbonyl (C=O) groups is 3. The number of fused-ring (bicyclic) bond motifs is 4. The number of epoxide rings is 1. The molecule has 0 amide bonds. The number of hydrogen-bond acceptors (Lipinski definition) is 8. The zero-order chi connectivity index (χ0) is 25.9. The van der Waals surface area contributed by atoms with Crippen LogP contribution >= 0.6 is 0 Å². The summed E-state index contributed by atoms with van der Waals surface area (Å²) in [6.45, 7) is 5.10. The topological polar surface area (TPSA) is 144 Å². The van der Waals surface area contributed by atoms with Crippen LogP contribution in [0.3, 0.4) is 0 Å². The van der Waals surface area contributed by atoms with E-state index in [-0.39, 0.29) is 63.7 Å². The van der Waals surface area contributed by atoms with E-state index >= 15 is 0 Å². The minimum absolute atomic E-state index is 0.000864. The number of phenolic OH excluding ortho intramolecular Hbond substituents is 1. The van der Waals surface area contributed by atoms with Gasteiger partial charge >= 0.3 is 11.9 Å². The summed E-state index contributed by atoms with van der Waals surface area (Å²) in [5.41, 5.74) is -0.719. The fourth-order valence-electron chi connectivity index (χ4n) is 5.33. The van der Waals surface area contributed by atoms with Gasteiger partial charge in [0, 0.05) is 25.0 Å². The van der Waals surface area contributed by atoms with Crippen molar-refractivity contribution in [3.05, 3.63) is 50.9 Å². The van der Waals surface area contributed by atoms with E-state index in [0.717, 1.165) is 12.8 Å². The Morgan fingerprint density at radius 2 is 1.94 bits per heavy atom. The number of benzene rings is 2. The lowest BCUT2D eigenvalue weighted by Crippen LogP contribution is -2.20. The van der Waals surface area contributed by atoms with Gasteiger partial charge in [-0.3, -0.25) is 19.2 Å². The highest BCUT2D eigenvalue weighted by atomic mass is 16.6. The molecule has 3 atom stereocenters. The highest BCUT2D eigenvalue weighted by Crippen LogP contribution is 2.50. The molecule has 188 valence electrons. The number of hydrogen-bond donors (Lipinski definition) is 2. The van der Waals surface area contributed by atoms with Crippen LogP contribution in [0.1, 0.15) is 79.8 Å². The molecule has 9 nitrogen and oxygen atoms in total. The minimum Gasteiger partial charge on any atom is -0.506 e. The molecule has 2 aromatic carbocycles. The lowest BCUT2D eigenvalue weighted by atomic mass is 9.84. The van der Waals surface area contributed by atoms with E-state index in [2.05, 4.69) is 0 Å². The smallest absolute Gasteiger partial charge is 0.307 e. The molecule has 2 N–H and O–H groups in total. The van der Waals surface area contributed by atoms with Crippen molar-refractivity contribution in [1.29, 1.82) is 0 Å². The molecule has 1 aromatic heterocycles. The van der Waals surface area contributed by atoms with Crippen molar-refractivity contribution in [2.45, 2.75) is 70.7 Å². The largest absolute Gasteiger partial charge is 0.506 e. The van der Waals surface area contributed by atoms with Gasteiger partial charge < -0.3 is 24.1 Å². The number of ether oxygens (including phenoxy) is 2. The maximum atomic E-state index is 13.3. The Bertz CT molecular complexity index is 1520. The second-order valence-electron chi connectivity index (χ2n) is 9.63. The summed E-state index contributed by atoms with van der Waals surface area (Å²) in [5, 5.41) is 21.4. The standard InChI is InChI=1S/C27H26O9/c1-4-5-19-27(3,36-19)20-11-17(30)22-14(10-21(31)32)8-13-9-15-18(34-12(2)28)7-6-16(29)24(15)25(33)23(13)26(22)35-20/h8-9,11,18-19,33H,4-7,10H2,1-3H3,(H,31,32). The van der Waals surface area contributed by atoms with Gasteiger partial charge in [0.15, 0.2) is 11.2 Å². The Morgan fingerprint density at radius 1 is 1.19 bits per heavy atom. The van der Waals surface area contributed by atoms with Crippen molar-refractivity contribution in [2.75, 3.05) is 0 Å². The van der Waals surface area contributed by atoms with Crippen molar-refractivity contribution in [1.82, 2.24) is 0 Å². The second kappa shape index (κ2) is 8.44. The van der Waals surface area contributed by atoms with Gasteiger partial charge in [-0.15, -0.1) is 0 Å². The molecule has 3 aromatic rings. The van der Waals surface area contributed by atoms with Gasteiger partial charge in [-0.05, 0) is 42.8 Å². The SMILES string of the molecule is CCCC1OC1(C)c1cc(=O)c2c(CC(=O)O)cc3cc4c(c(O)c3c2o1)C(=O)CCC4OC(C)=O. The summed E-state index contributed by atoms with van der Waals surface area (Å²) in [7, 11) is 0. The average molecular weight is 494 g/mol. The van der Waals surface area contributed by atoms with Crippen LogP contribution in [0.5, 0.6) is 5.75 Å². The Balaban J connectivity index is 1.84. The lowest BCUT2D eigenvalue weighted by Gasteiger charge is -2.26. The molecule has 0 bridgehead atoms. The summed E-state index contributed by atoms with van der Waals surface area (Å²) in [5.74, 6) is -2.11. The third kappa shape index (κ3) is 3.74. The molecule has 1 fully saturated rings. The quantitative estimate of drug-likeness (QED) is 0.291. The molecule has 1 saturated heterocycles. The normalized spacial score (nSPS) is 23.0. The van der Waals surface area contributed by atoms with E-state index in [1.165, 1.54) is 19.1 Å². The van der Waals surface area contributed by atoms with Crippen LogP contribution in [0, 0.1) is 0 Å². The number of esters is 1. The molecule has 5 rings (SSSR count). The molecule has 9 heteroatoms. The van der Waals surface area contributed by atoms with Gasteiger partial charge in [0.25, 0.3) is 0 Å². The van der Waals surface area contributed by atoms with Crippen LogP contribution in [-0.2, 0) is 31.1 Å². The van der Waals surface area contributed by atoms with Crippen molar-refractivity contribution in [3.8, 4) is 5.75 Å². The maximum Gasteiger partial charge on any atom is 0.307 e. The molecular weight excluding hydrogens is 468 g/mol. The van der Waals surface area contributed by atoms with Gasteiger partial charge in [-0.25, -0.2) is 0 Å². The second-order valence-corrected chi connectivity index (χ2v) is 9.63. The molecule has 0 spiro atoms. The third-order valence-electron chi connectivity index (χ3n) is 7.08. The first-order valence-electron chi connectivity index (χ1n) is 11.9. The van der Waals surface area contributed by atoms with Crippen LogP contribution in [-0.4, -0.2) is 34.0 Å². The van der Waals surface area contributed by atoms with Gasteiger partial charge in [0.1, 0.15) is 28.8 Å². The predicted molar refractivity (Wildman–Crippen MR) is 128 cm³/mol. The highest BCUT2D eigenvalue weighted by molar-refractivity contribution is 6.15. The minimum atomic E-state index is -1.14. The monoisotopic (exact) mass is 494 g/mol. The van der Waals surface area contributed by atoms with Gasteiger partial charge in [-0.1, -0.05) is 13.3 Å². The number of aromatic hydroxyl groups is 1. The number of carboxylic acids is 1. The average Bonchev–Trinajstić information content (AvgIpc) is 3.45. The van der Waals surface area contributed by atoms with Gasteiger partial charge in [-0.2, -0.15) is 0 Å². The molecule has 2 aliphatic rings. The van der Waals surface area contributed by atoms with Gasteiger partial charge in [0.05, 0.1) is 28.9 Å². The number of ketones is 1. The predicted octanol–water partition coefficient (Wildman–Crippen LogP) is 4.27. The maximum absolute atomic E-state index is 13.3. The van der Waals surface area contributed by atoms with Crippen molar-refractivity contribution >= 4 is 39.5 Å². The van der Waals surface area contributed by atoms with Crippen LogP contribution in [0.4, 0.5) is 0 Å². The molecule has 0 saturated carbocycles. The first-order valence-corrected chi connectivity index (χ1v) is 11.9. The number of Topliss-reactive ketones (excluding diaryl/α,β-unsaturated/α-hetero) is 1. The van der Waals surface area contributed by atoms with E-state index in [4.69, 9.17) is 13.9 Å². The Hall–Kier alpha value is -3.72. The molecule has 1 aliphatic heterocycles. The number of phenols is 1. The van der Waals surface area contributed by atoms with E-state index in [0.29, 0.717) is 10.9 Å². The molecule has 3 unspecified atom stereocenters. The molecule has 2 heterocycles. The van der Waals surface area contributed by atoms with Crippen LogP contribution in [0.25, 0.3) is 21.7 Å². The first-order chi connectivity index (χ1) is 17.0. The lowest BCUT2D eigenvalue weighted by molar-refractivity contribution is -0.147. The van der Waals surface area contributed by atoms with E-state index in [1.54, 1.807) is 6.07 Å². The van der Waals surface area contributed by atoms with E-state index in [9.17, 15) is 29.4 Å². The highest BCUT2D eigenvalue weighted by Gasteiger charge is 2.55. The Morgan fingerprint density at radius 3 is 2.61 bits per heavy atom. The van der Waals surface area contributed by atoms with Crippen molar-refractivity contribution < 1.29 is 38.5 Å². The number of carbonyl (C=O) groups excluding carboxylic acids is 2. The molecule has 36 heavy (non-hydrogen) atoms. The molecular formula is C27H26O9. The Labute approximate surface area is 205 Å². The summed E-state index contributed by atoms with van der Waals surface area (Å²) in [4.78, 5) is 49.4. The van der Waals surface area contributed by atoms with Gasteiger partial charge in [0.2, 0.25) is 0 Å². The number of rotatable bonds is 6. The third-order valence-corrected chi connectivity index (χ3v) is 7.08. The van der Waals surface area contributed by atoms with Crippen LogP contribution in [0.15, 0.2) is 27.4 Å². The zero-order valence-corrected chi connectivity index (χ0v) is 20.2. The summed E-state index contributed by atoms with van der Waals surface area (Å²) >= 11 is 0. The summed E-state index contributed by atoms with van der Waals surface area (Å²) in [6.07, 6.45) is 0.649. The zero-order valence-electron chi connectivity index (χ0n) is 20.2. The van der Waals surface area contributed by atoms with Crippen molar-refractivity contribution in [3.63, 3.8) is 0 Å². The molecule has 1 aliphatic carbocycles. The van der Waals surface area contributed by atoms with Crippen LogP contribution < -0.4 is 5.43 Å².